The molecule has 0 bridgehead atoms. The van der Waals surface area contributed by atoms with Crippen LogP contribution in [0.2, 0.25) is 5.02 Å². The van der Waals surface area contributed by atoms with Crippen LogP contribution in [0.4, 0.5) is 5.82 Å². The van der Waals surface area contributed by atoms with Crippen LogP contribution >= 0.6 is 11.6 Å². The van der Waals surface area contributed by atoms with E-state index in [1.165, 1.54) is 6.42 Å². The minimum atomic E-state index is 0.146. The number of morpholine rings is 1. The smallest absolute Gasteiger partial charge is 0.226 e. The van der Waals surface area contributed by atoms with E-state index in [0.717, 1.165) is 51.1 Å². The van der Waals surface area contributed by atoms with Crippen molar-refractivity contribution >= 4 is 23.3 Å². The van der Waals surface area contributed by atoms with Gasteiger partial charge in [-0.2, -0.15) is 0 Å². The summed E-state index contributed by atoms with van der Waals surface area (Å²) in [5.74, 6) is 1.44. The number of fused-ring (bicyclic) bond motifs is 1. The van der Waals surface area contributed by atoms with E-state index < -0.39 is 0 Å². The van der Waals surface area contributed by atoms with Crippen LogP contribution in [0.5, 0.6) is 0 Å². The van der Waals surface area contributed by atoms with Crippen LogP contribution in [-0.4, -0.2) is 54.2 Å². The van der Waals surface area contributed by atoms with E-state index in [1.807, 2.05) is 12.1 Å². The SMILES string of the molecule is O=C(C1CCN(c2ccc(Cl)cn2)CC1)N1CCO[C@@H]2CCC[C@@H]21. The molecule has 2 atom stereocenters. The van der Waals surface area contributed by atoms with E-state index in [-0.39, 0.29) is 12.0 Å². The third-order valence-electron chi connectivity index (χ3n) is 5.65. The number of hydrogen-bond donors (Lipinski definition) is 0. The minimum absolute atomic E-state index is 0.146. The van der Waals surface area contributed by atoms with Crippen LogP contribution < -0.4 is 4.90 Å². The molecule has 3 aliphatic rings. The Labute approximate surface area is 147 Å². The Morgan fingerprint density at radius 3 is 2.75 bits per heavy atom. The molecule has 1 aliphatic carbocycles. The van der Waals surface area contributed by atoms with Crippen molar-refractivity contribution in [2.24, 2.45) is 5.92 Å². The van der Waals surface area contributed by atoms with E-state index in [2.05, 4.69) is 14.8 Å². The van der Waals surface area contributed by atoms with Gasteiger partial charge >= 0.3 is 0 Å². The number of amides is 1. The average Bonchev–Trinajstić information content (AvgIpc) is 3.11. The standard InChI is InChI=1S/C18H24ClN3O2/c19-14-4-5-17(20-12-14)21-8-6-13(7-9-21)18(23)22-10-11-24-16-3-1-2-15(16)22/h4-5,12-13,15-16H,1-3,6-11H2/t15-,16+/m0/s1. The molecule has 0 unspecified atom stereocenters. The van der Waals surface area contributed by atoms with Crippen LogP contribution in [0.3, 0.4) is 0 Å². The highest BCUT2D eigenvalue weighted by Crippen LogP contribution is 2.32. The first-order chi connectivity index (χ1) is 11.7. The third kappa shape index (κ3) is 3.11. The van der Waals surface area contributed by atoms with Gasteiger partial charge in [-0.25, -0.2) is 4.98 Å². The molecule has 4 rings (SSSR count). The number of carbonyl (C=O) groups is 1. The molecule has 6 heteroatoms. The fourth-order valence-electron chi connectivity index (χ4n) is 4.34. The zero-order valence-electron chi connectivity index (χ0n) is 13.9. The fraction of sp³-hybridized carbons (Fsp3) is 0.667. The van der Waals surface area contributed by atoms with Gasteiger partial charge in [0, 0.05) is 31.7 Å². The highest BCUT2D eigenvalue weighted by atomic mass is 35.5. The van der Waals surface area contributed by atoms with E-state index in [4.69, 9.17) is 16.3 Å². The summed E-state index contributed by atoms with van der Waals surface area (Å²) in [5, 5.41) is 0.655. The quantitative estimate of drug-likeness (QED) is 0.823. The predicted molar refractivity (Wildman–Crippen MR) is 93.3 cm³/mol. The van der Waals surface area contributed by atoms with Gasteiger partial charge in [0.2, 0.25) is 5.91 Å². The van der Waals surface area contributed by atoms with Gasteiger partial charge in [0.1, 0.15) is 5.82 Å². The molecule has 0 spiro atoms. The molecule has 0 radical (unpaired) electrons. The van der Waals surface area contributed by atoms with Gasteiger partial charge in [-0.3, -0.25) is 4.79 Å². The molecule has 24 heavy (non-hydrogen) atoms. The number of rotatable bonds is 2. The third-order valence-corrected chi connectivity index (χ3v) is 5.87. The molecule has 0 N–H and O–H groups in total. The molecule has 3 heterocycles. The van der Waals surface area contributed by atoms with Crippen LogP contribution in [0.25, 0.3) is 0 Å². The average molecular weight is 350 g/mol. The lowest BCUT2D eigenvalue weighted by atomic mass is 9.94. The molecule has 130 valence electrons. The number of hydrogen-bond acceptors (Lipinski definition) is 4. The number of piperidine rings is 1. The van der Waals surface area contributed by atoms with Gasteiger partial charge in [0.05, 0.1) is 23.8 Å². The van der Waals surface area contributed by atoms with Gasteiger partial charge in [0.15, 0.2) is 0 Å². The summed E-state index contributed by atoms with van der Waals surface area (Å²) in [6, 6.07) is 4.15. The van der Waals surface area contributed by atoms with Gasteiger partial charge in [-0.05, 0) is 44.2 Å². The summed E-state index contributed by atoms with van der Waals surface area (Å²) >= 11 is 5.90. The normalized spacial score (nSPS) is 28.0. The summed E-state index contributed by atoms with van der Waals surface area (Å²) in [4.78, 5) is 21.8. The molecule has 2 aliphatic heterocycles. The molecule has 3 fully saturated rings. The molecule has 1 aromatic rings. The molecule has 1 amide bonds. The Hall–Kier alpha value is -1.33. The largest absolute Gasteiger partial charge is 0.374 e. The zero-order valence-corrected chi connectivity index (χ0v) is 14.6. The van der Waals surface area contributed by atoms with Crippen molar-refractivity contribution < 1.29 is 9.53 Å². The fourth-order valence-corrected chi connectivity index (χ4v) is 4.46. The Balaban J connectivity index is 1.36. The maximum atomic E-state index is 13.0. The maximum absolute atomic E-state index is 13.0. The first kappa shape index (κ1) is 16.2. The lowest BCUT2D eigenvalue weighted by Crippen LogP contribution is -2.54. The highest BCUT2D eigenvalue weighted by Gasteiger charge is 2.40. The van der Waals surface area contributed by atoms with Gasteiger partial charge < -0.3 is 14.5 Å². The lowest BCUT2D eigenvalue weighted by Gasteiger charge is -2.41. The molecule has 5 nitrogen and oxygen atoms in total. The van der Waals surface area contributed by atoms with Crippen molar-refractivity contribution in [1.29, 1.82) is 0 Å². The van der Waals surface area contributed by atoms with Crippen LogP contribution in [-0.2, 0) is 9.53 Å². The van der Waals surface area contributed by atoms with Crippen molar-refractivity contribution in [3.8, 4) is 0 Å². The van der Waals surface area contributed by atoms with E-state index in [1.54, 1.807) is 6.20 Å². The Bertz CT molecular complexity index is 586. The number of pyridine rings is 1. The van der Waals surface area contributed by atoms with Crippen molar-refractivity contribution in [2.45, 2.75) is 44.2 Å². The number of anilines is 1. The minimum Gasteiger partial charge on any atom is -0.374 e. The monoisotopic (exact) mass is 349 g/mol. The number of halogens is 1. The topological polar surface area (TPSA) is 45.7 Å². The Kier molecular flexibility index (Phi) is 4.63. The van der Waals surface area contributed by atoms with E-state index in [9.17, 15) is 4.79 Å². The molecule has 1 saturated carbocycles. The molecular weight excluding hydrogens is 326 g/mol. The molecular formula is C18H24ClN3O2. The molecule has 2 saturated heterocycles. The van der Waals surface area contributed by atoms with Gasteiger partial charge in [-0.1, -0.05) is 11.6 Å². The first-order valence-electron chi connectivity index (χ1n) is 9.01. The summed E-state index contributed by atoms with van der Waals surface area (Å²) in [6.45, 7) is 3.21. The second kappa shape index (κ2) is 6.89. The first-order valence-corrected chi connectivity index (χ1v) is 9.39. The van der Waals surface area contributed by atoms with Crippen molar-refractivity contribution in [1.82, 2.24) is 9.88 Å². The van der Waals surface area contributed by atoms with Crippen molar-refractivity contribution in [3.63, 3.8) is 0 Å². The van der Waals surface area contributed by atoms with E-state index >= 15 is 0 Å². The Morgan fingerprint density at radius 2 is 2.00 bits per heavy atom. The predicted octanol–water partition coefficient (Wildman–Crippen LogP) is 2.73. The van der Waals surface area contributed by atoms with Crippen LogP contribution in [0.15, 0.2) is 18.3 Å². The van der Waals surface area contributed by atoms with Gasteiger partial charge in [0.25, 0.3) is 0 Å². The van der Waals surface area contributed by atoms with Crippen LogP contribution in [0, 0.1) is 5.92 Å². The molecule has 0 aromatic carbocycles. The van der Waals surface area contributed by atoms with E-state index in [0.29, 0.717) is 23.6 Å². The van der Waals surface area contributed by atoms with Crippen LogP contribution in [0.1, 0.15) is 32.1 Å². The second-order valence-corrected chi connectivity index (χ2v) is 7.47. The second-order valence-electron chi connectivity index (χ2n) is 7.04. The summed E-state index contributed by atoms with van der Waals surface area (Å²) in [6.07, 6.45) is 7.15. The summed E-state index contributed by atoms with van der Waals surface area (Å²) in [7, 11) is 0. The maximum Gasteiger partial charge on any atom is 0.226 e. The number of carbonyl (C=O) groups excluding carboxylic acids is 1. The number of ether oxygens (including phenoxy) is 1. The zero-order chi connectivity index (χ0) is 16.5. The van der Waals surface area contributed by atoms with Gasteiger partial charge in [-0.15, -0.1) is 0 Å². The highest BCUT2D eigenvalue weighted by molar-refractivity contribution is 6.30. The summed E-state index contributed by atoms with van der Waals surface area (Å²) in [5.41, 5.74) is 0. The molecule has 1 aromatic heterocycles. The van der Waals surface area contributed by atoms with Crippen molar-refractivity contribution in [3.05, 3.63) is 23.4 Å². The number of aromatic nitrogens is 1. The Morgan fingerprint density at radius 1 is 1.17 bits per heavy atom. The summed E-state index contributed by atoms with van der Waals surface area (Å²) < 4.78 is 5.83. The number of nitrogens with zero attached hydrogens (tertiary/aromatic N) is 3. The van der Waals surface area contributed by atoms with Crippen molar-refractivity contribution in [2.75, 3.05) is 31.1 Å². The lowest BCUT2D eigenvalue weighted by molar-refractivity contribution is -0.149.